The Balaban J connectivity index is 0.748. The van der Waals surface area contributed by atoms with E-state index in [9.17, 15) is 19.6 Å². The fourth-order valence-corrected chi connectivity index (χ4v) is 11.3. The molecule has 2 spiro atoms. The summed E-state index contributed by atoms with van der Waals surface area (Å²) in [5.41, 5.74) is 1.67. The molecule has 3 aromatic carbocycles. The molecule has 1 unspecified atom stereocenters. The number of nitrogens with one attached hydrogen (secondary N) is 2. The zero-order chi connectivity index (χ0) is 45.7. The Morgan fingerprint density at radius 1 is 1.05 bits per heavy atom. The number of urea groups is 1. The van der Waals surface area contributed by atoms with E-state index < -0.39 is 11.8 Å². The molecule has 66 heavy (non-hydrogen) atoms. The number of hydrogen-bond donors (Lipinski definition) is 2. The Hall–Kier alpha value is -5.85. The van der Waals surface area contributed by atoms with Gasteiger partial charge in [0.05, 0.1) is 65.6 Å². The summed E-state index contributed by atoms with van der Waals surface area (Å²) in [6.45, 7) is 8.56. The SMILES string of the molecule is CCCN(C(=O)NC=O)c1nn(C)c2cc(N3CC4(CC(N5CCC6(CC5)CC(n5cnc7ccc(Oc8c(F)ccc(NSN9CCOCC9)c8C#N)cc7c5=O)CO6)C4)C3)c(F)cc12. The van der Waals surface area contributed by atoms with Crippen LogP contribution in [0.15, 0.2) is 53.6 Å². The van der Waals surface area contributed by atoms with Crippen LogP contribution in [0.2, 0.25) is 0 Å². The van der Waals surface area contributed by atoms with Crippen molar-refractivity contribution in [3.05, 3.63) is 76.3 Å². The van der Waals surface area contributed by atoms with Crippen molar-refractivity contribution in [2.24, 2.45) is 12.5 Å². The van der Waals surface area contributed by atoms with Crippen LogP contribution in [0, 0.1) is 28.4 Å². The molecule has 6 heterocycles. The summed E-state index contributed by atoms with van der Waals surface area (Å²) in [6.07, 6.45) is 7.01. The predicted octanol–water partition coefficient (Wildman–Crippen LogP) is 6.08. The van der Waals surface area contributed by atoms with Crippen LogP contribution < -0.4 is 30.1 Å². The van der Waals surface area contributed by atoms with Crippen LogP contribution in [0.4, 0.5) is 30.8 Å². The van der Waals surface area contributed by atoms with Crippen molar-refractivity contribution in [3.63, 3.8) is 0 Å². The van der Waals surface area contributed by atoms with E-state index in [1.807, 2.05) is 6.92 Å². The predicted molar refractivity (Wildman–Crippen MR) is 245 cm³/mol. The van der Waals surface area contributed by atoms with E-state index in [0.717, 1.165) is 51.9 Å². The number of carbonyl (C=O) groups excluding carboxylic acids is 2. The van der Waals surface area contributed by atoms with Gasteiger partial charge in [-0.2, -0.15) is 10.4 Å². The first-order chi connectivity index (χ1) is 32.0. The number of ether oxygens (including phenoxy) is 3. The largest absolute Gasteiger partial charge is 0.453 e. The normalized spacial score (nSPS) is 20.6. The molecule has 17 nitrogen and oxygen atoms in total. The van der Waals surface area contributed by atoms with Gasteiger partial charge in [0.2, 0.25) is 6.41 Å². The van der Waals surface area contributed by atoms with E-state index in [1.54, 1.807) is 46.9 Å². The smallest absolute Gasteiger partial charge is 0.329 e. The molecule has 4 aliphatic heterocycles. The van der Waals surface area contributed by atoms with Crippen LogP contribution in [0.1, 0.15) is 57.1 Å². The van der Waals surface area contributed by atoms with Crippen molar-refractivity contribution in [1.82, 2.24) is 33.9 Å². The molecule has 20 heteroatoms. The molecule has 3 amide bonds. The first kappa shape index (κ1) is 44.0. The number of nitrogens with zero attached hydrogens (tertiary/aromatic N) is 9. The average molecular weight is 924 g/mol. The Morgan fingerprint density at radius 2 is 1.83 bits per heavy atom. The molecule has 346 valence electrons. The second kappa shape index (κ2) is 17.8. The Kier molecular flexibility index (Phi) is 11.8. The maximum absolute atomic E-state index is 15.8. The van der Waals surface area contributed by atoms with Gasteiger partial charge in [0.25, 0.3) is 5.56 Å². The number of rotatable bonds is 12. The number of fused-ring (bicyclic) bond motifs is 2. The molecule has 0 radical (unpaired) electrons. The molecule has 1 atom stereocenters. The van der Waals surface area contributed by atoms with Crippen LogP contribution >= 0.6 is 12.1 Å². The number of imide groups is 1. The number of hydrogen-bond acceptors (Lipinski definition) is 14. The molecule has 2 N–H and O–H groups in total. The Morgan fingerprint density at radius 3 is 2.58 bits per heavy atom. The van der Waals surface area contributed by atoms with Crippen molar-refractivity contribution in [3.8, 4) is 17.6 Å². The van der Waals surface area contributed by atoms with Gasteiger partial charge in [0.1, 0.15) is 23.2 Å². The quantitative estimate of drug-likeness (QED) is 0.109. The number of likely N-dealkylation sites (tertiary alicyclic amines) is 1. The van der Waals surface area contributed by atoms with Crippen LogP contribution in [-0.4, -0.2) is 118 Å². The minimum absolute atomic E-state index is 0.01000. The zero-order valence-electron chi connectivity index (χ0n) is 36.8. The lowest BCUT2D eigenvalue weighted by Crippen LogP contribution is -2.67. The average Bonchev–Trinajstić information content (AvgIpc) is 3.85. The van der Waals surface area contributed by atoms with Gasteiger partial charge in [-0.1, -0.05) is 6.92 Å². The molecule has 4 saturated heterocycles. The van der Waals surface area contributed by atoms with Gasteiger partial charge in [-0.3, -0.25) is 29.1 Å². The van der Waals surface area contributed by atoms with Gasteiger partial charge in [-0.05, 0) is 81.0 Å². The lowest BCUT2D eigenvalue weighted by molar-refractivity contribution is -0.108. The summed E-state index contributed by atoms with van der Waals surface area (Å²) in [6, 6.07) is 12.5. The third-order valence-corrected chi connectivity index (χ3v) is 15.0. The highest BCUT2D eigenvalue weighted by Crippen LogP contribution is 2.53. The van der Waals surface area contributed by atoms with Gasteiger partial charge in [0, 0.05) is 81.8 Å². The van der Waals surface area contributed by atoms with Crippen LogP contribution in [0.5, 0.6) is 11.5 Å². The summed E-state index contributed by atoms with van der Waals surface area (Å²) >= 11 is 1.32. The summed E-state index contributed by atoms with van der Waals surface area (Å²) in [7, 11) is 1.77. The molecule has 5 fully saturated rings. The minimum atomic E-state index is -0.700. The van der Waals surface area contributed by atoms with Crippen molar-refractivity contribution in [2.75, 3.05) is 80.2 Å². The molecular formula is C46H51F2N11O6S. The van der Waals surface area contributed by atoms with E-state index in [4.69, 9.17) is 14.2 Å². The third kappa shape index (κ3) is 8.10. The van der Waals surface area contributed by atoms with Crippen molar-refractivity contribution in [1.29, 1.82) is 5.26 Å². The number of aromatic nitrogens is 4. The Labute approximate surface area is 383 Å². The highest BCUT2D eigenvalue weighted by Gasteiger charge is 2.55. The second-order valence-corrected chi connectivity index (χ2v) is 19.1. The fourth-order valence-electron chi connectivity index (χ4n) is 10.5. The number of anilines is 3. The van der Waals surface area contributed by atoms with Gasteiger partial charge < -0.3 is 28.7 Å². The van der Waals surface area contributed by atoms with Gasteiger partial charge in [-0.25, -0.2) is 22.9 Å². The molecular weight excluding hydrogens is 873 g/mol. The lowest BCUT2D eigenvalue weighted by atomic mass is 9.59. The summed E-state index contributed by atoms with van der Waals surface area (Å²) in [4.78, 5) is 48.3. The molecule has 5 aliphatic rings. The fraction of sp³-hybridized carbons (Fsp3) is 0.478. The number of piperidine rings is 1. The van der Waals surface area contributed by atoms with Crippen LogP contribution in [0.25, 0.3) is 21.8 Å². The summed E-state index contributed by atoms with van der Waals surface area (Å²) < 4.78 is 57.4. The van der Waals surface area contributed by atoms with E-state index in [0.29, 0.717) is 104 Å². The Bertz CT molecular complexity index is 2790. The monoisotopic (exact) mass is 923 g/mol. The molecule has 2 aromatic heterocycles. The molecule has 1 saturated carbocycles. The standard InChI is InChI=1S/C46H51F2N11O6S/c1-3-10-58(44(62)51-28-60)42-33-18-36(48)40(19-39(33)54(2)52-42)56-25-45(26-56)20-29(21-45)55-11-8-46(9-12-55)22-30(24-64-46)59-27-50-37-6-4-31(17-32(37)43(59)61)65-41-34(23-49)38(7-5-35(41)47)53-66-57-13-15-63-16-14-57/h4-7,17-19,27-30,53H,3,8-16,20-22,24-26H2,1-2H3,(H,51,60,62). The summed E-state index contributed by atoms with van der Waals surface area (Å²) in [5, 5.41) is 17.6. The van der Waals surface area contributed by atoms with Crippen molar-refractivity contribution < 1.29 is 32.6 Å². The maximum atomic E-state index is 15.8. The van der Waals surface area contributed by atoms with E-state index in [-0.39, 0.29) is 45.5 Å². The maximum Gasteiger partial charge on any atom is 0.329 e. The topological polar surface area (TPSA) is 175 Å². The molecule has 0 bridgehead atoms. The lowest BCUT2D eigenvalue weighted by Gasteiger charge is -2.62. The number of halogens is 2. The van der Waals surface area contributed by atoms with Crippen LogP contribution in [0.3, 0.4) is 0 Å². The number of amides is 3. The van der Waals surface area contributed by atoms with E-state index in [1.165, 1.54) is 35.2 Å². The van der Waals surface area contributed by atoms with Crippen LogP contribution in [-0.2, 0) is 21.3 Å². The number of benzene rings is 3. The first-order valence-electron chi connectivity index (χ1n) is 22.5. The minimum Gasteiger partial charge on any atom is -0.453 e. The van der Waals surface area contributed by atoms with Crippen molar-refractivity contribution >= 4 is 63.6 Å². The van der Waals surface area contributed by atoms with E-state index in [2.05, 4.69) is 40.3 Å². The highest BCUT2D eigenvalue weighted by atomic mass is 32.2. The number of carbonyl (C=O) groups is 2. The molecule has 5 aromatic rings. The van der Waals surface area contributed by atoms with Crippen molar-refractivity contribution in [2.45, 2.75) is 63.1 Å². The highest BCUT2D eigenvalue weighted by molar-refractivity contribution is 7.98. The molecule has 10 rings (SSSR count). The van der Waals surface area contributed by atoms with E-state index >= 15 is 8.78 Å². The zero-order valence-corrected chi connectivity index (χ0v) is 37.6. The van der Waals surface area contributed by atoms with Gasteiger partial charge in [-0.15, -0.1) is 0 Å². The second-order valence-electron chi connectivity index (χ2n) is 18.2. The number of morpholine rings is 1. The third-order valence-electron chi connectivity index (χ3n) is 14.0. The van der Waals surface area contributed by atoms with Gasteiger partial charge in [0.15, 0.2) is 17.4 Å². The molecule has 1 aliphatic carbocycles. The summed E-state index contributed by atoms with van der Waals surface area (Å²) in [5.74, 6) is -0.786. The van der Waals surface area contributed by atoms with Gasteiger partial charge >= 0.3 is 6.03 Å². The number of nitriles is 1. The first-order valence-corrected chi connectivity index (χ1v) is 23.2. The number of aryl methyl sites for hydroxylation is 1.